The molecule has 0 N–H and O–H groups in total. The molecule has 3 heterocycles. The summed E-state index contributed by atoms with van der Waals surface area (Å²) in [6, 6.07) is 0. The highest BCUT2D eigenvalue weighted by Gasteiger charge is 2.06. The molecule has 0 unspecified atom stereocenters. The van der Waals surface area contributed by atoms with E-state index in [1.54, 1.807) is 0 Å². The van der Waals surface area contributed by atoms with Crippen LogP contribution in [0.1, 0.15) is 222 Å². The minimum absolute atomic E-state index is 0.781. The second-order valence-corrected chi connectivity index (χ2v) is 19.8. The van der Waals surface area contributed by atoms with Crippen LogP contribution in [0.2, 0.25) is 0 Å². The van der Waals surface area contributed by atoms with Gasteiger partial charge in [0, 0.05) is 32.0 Å². The Hall–Kier alpha value is -2.58. The van der Waals surface area contributed by atoms with Crippen molar-refractivity contribution in [1.82, 2.24) is 45.0 Å². The van der Waals surface area contributed by atoms with E-state index < -0.39 is 0 Å². The van der Waals surface area contributed by atoms with Crippen molar-refractivity contribution in [2.45, 2.75) is 244 Å². The first-order valence-electron chi connectivity index (χ1n) is 24.4. The van der Waals surface area contributed by atoms with E-state index in [9.17, 15) is 0 Å². The highest BCUT2D eigenvalue weighted by molar-refractivity contribution is 4.94. The van der Waals surface area contributed by atoms with Gasteiger partial charge in [-0.15, -0.1) is 15.3 Å². The summed E-state index contributed by atoms with van der Waals surface area (Å²) in [6.07, 6.45) is 34.1. The number of unbranched alkanes of at least 4 members (excludes halogenated alkanes) is 7. The summed E-state index contributed by atoms with van der Waals surface area (Å²) in [4.78, 5) is 0. The van der Waals surface area contributed by atoms with Gasteiger partial charge in [0.1, 0.15) is 0 Å². The van der Waals surface area contributed by atoms with Gasteiger partial charge in [-0.2, -0.15) is 0 Å². The Morgan fingerprint density at radius 1 is 0.379 bits per heavy atom. The van der Waals surface area contributed by atoms with Crippen molar-refractivity contribution < 1.29 is 0 Å². The Labute approximate surface area is 359 Å². The van der Waals surface area contributed by atoms with Crippen LogP contribution in [0.3, 0.4) is 0 Å². The van der Waals surface area contributed by atoms with E-state index in [-0.39, 0.29) is 0 Å². The number of nitrogens with zero attached hydrogens (tertiary/aromatic N) is 9. The van der Waals surface area contributed by atoms with Gasteiger partial charge in [0.05, 0.1) is 23.3 Å². The second-order valence-electron chi connectivity index (χ2n) is 19.8. The van der Waals surface area contributed by atoms with Gasteiger partial charge in [0.25, 0.3) is 0 Å². The molecule has 9 heteroatoms. The molecule has 0 amide bonds. The van der Waals surface area contributed by atoms with Crippen molar-refractivity contribution in [2.24, 2.45) is 35.5 Å². The highest BCUT2D eigenvalue weighted by atomic mass is 15.4. The van der Waals surface area contributed by atoms with Crippen molar-refractivity contribution >= 4 is 0 Å². The van der Waals surface area contributed by atoms with Crippen molar-refractivity contribution in [1.29, 1.82) is 0 Å². The van der Waals surface area contributed by atoms with E-state index in [0.29, 0.717) is 0 Å². The van der Waals surface area contributed by atoms with Gasteiger partial charge in [0.15, 0.2) is 0 Å². The minimum Gasteiger partial charge on any atom is -0.252 e. The van der Waals surface area contributed by atoms with Crippen molar-refractivity contribution in [3.05, 3.63) is 35.7 Å². The van der Waals surface area contributed by atoms with E-state index in [1.165, 1.54) is 128 Å². The van der Waals surface area contributed by atoms with Gasteiger partial charge in [-0.3, -0.25) is 9.36 Å². The zero-order valence-electron chi connectivity index (χ0n) is 40.4. The third kappa shape index (κ3) is 31.4. The summed E-state index contributed by atoms with van der Waals surface area (Å²) in [5, 5.41) is 25.2. The smallest absolute Gasteiger partial charge is 0.0827 e. The van der Waals surface area contributed by atoms with Crippen molar-refractivity contribution in [3.8, 4) is 0 Å². The molecular weight excluding hydrogens is 715 g/mol. The molecule has 58 heavy (non-hydrogen) atoms. The number of hydrogen-bond acceptors (Lipinski definition) is 6. The second kappa shape index (κ2) is 34.2. The molecule has 0 bridgehead atoms. The molecule has 0 aliphatic rings. The van der Waals surface area contributed by atoms with Crippen LogP contribution in [0.4, 0.5) is 0 Å². The molecule has 3 aromatic rings. The highest BCUT2D eigenvalue weighted by Crippen LogP contribution is 2.14. The Morgan fingerprint density at radius 3 is 1.19 bits per heavy atom. The zero-order chi connectivity index (χ0) is 43.0. The lowest BCUT2D eigenvalue weighted by molar-refractivity contribution is 0.476. The molecule has 0 aliphatic heterocycles. The number of hydrogen-bond donors (Lipinski definition) is 0. The zero-order valence-corrected chi connectivity index (χ0v) is 40.4. The Balaban J connectivity index is 0.000000435. The molecule has 0 aromatic carbocycles. The van der Waals surface area contributed by atoms with Gasteiger partial charge in [-0.05, 0) is 106 Å². The van der Waals surface area contributed by atoms with E-state index in [1.807, 2.05) is 15.6 Å². The van der Waals surface area contributed by atoms with E-state index >= 15 is 0 Å². The summed E-state index contributed by atoms with van der Waals surface area (Å²) in [5.41, 5.74) is 3.64. The number of aromatic nitrogens is 9. The van der Waals surface area contributed by atoms with Gasteiger partial charge < -0.3 is 0 Å². The fraction of sp³-hybridized carbons (Fsp3) is 0.878. The average Bonchev–Trinajstić information content (AvgIpc) is 3.91. The summed E-state index contributed by atoms with van der Waals surface area (Å²) in [5.74, 6) is 4.87. The van der Waals surface area contributed by atoms with Crippen LogP contribution in [-0.4, -0.2) is 45.0 Å². The predicted octanol–water partition coefficient (Wildman–Crippen LogP) is 13.8. The normalized spacial score (nSPS) is 11.7. The number of rotatable bonds is 31. The first-order valence-corrected chi connectivity index (χ1v) is 24.4. The largest absolute Gasteiger partial charge is 0.252 e. The summed E-state index contributed by atoms with van der Waals surface area (Å²) in [7, 11) is 0. The SMILES string of the molecule is CC(C)CCCCCCn1nncc1CCCC(C)C.CC(C)CCCCCc1cn(CCCC(C)C)nn1.CC(C)CCCCCc1cn(CCCC(C)C)nn1. The maximum atomic E-state index is 4.26. The lowest BCUT2D eigenvalue weighted by Crippen LogP contribution is -2.06. The van der Waals surface area contributed by atoms with Gasteiger partial charge >= 0.3 is 0 Å². The van der Waals surface area contributed by atoms with Crippen LogP contribution in [0.15, 0.2) is 18.6 Å². The lowest BCUT2D eigenvalue weighted by atomic mass is 10.0. The van der Waals surface area contributed by atoms with Crippen LogP contribution in [0.5, 0.6) is 0 Å². The third-order valence-corrected chi connectivity index (χ3v) is 10.8. The molecule has 3 rings (SSSR count). The van der Waals surface area contributed by atoms with E-state index in [4.69, 9.17) is 0 Å². The molecule has 0 fully saturated rings. The molecule has 9 nitrogen and oxygen atoms in total. The Morgan fingerprint density at radius 2 is 0.759 bits per heavy atom. The van der Waals surface area contributed by atoms with Gasteiger partial charge in [-0.25, -0.2) is 4.68 Å². The number of aryl methyl sites for hydroxylation is 6. The van der Waals surface area contributed by atoms with Crippen LogP contribution in [0.25, 0.3) is 0 Å². The first kappa shape index (κ1) is 53.4. The fourth-order valence-electron chi connectivity index (χ4n) is 7.04. The minimum atomic E-state index is 0.781. The molecule has 0 saturated carbocycles. The molecule has 0 aliphatic carbocycles. The van der Waals surface area contributed by atoms with Crippen LogP contribution >= 0.6 is 0 Å². The first-order chi connectivity index (χ1) is 27.7. The maximum Gasteiger partial charge on any atom is 0.0827 e. The van der Waals surface area contributed by atoms with Crippen LogP contribution < -0.4 is 0 Å². The van der Waals surface area contributed by atoms with E-state index in [0.717, 1.165) is 85.8 Å². The molecule has 336 valence electrons. The van der Waals surface area contributed by atoms with Gasteiger partial charge in [-0.1, -0.05) is 169 Å². The quantitative estimate of drug-likeness (QED) is 0.0601. The monoisotopic (exact) mass is 810 g/mol. The van der Waals surface area contributed by atoms with Crippen LogP contribution in [0, 0.1) is 35.5 Å². The van der Waals surface area contributed by atoms with Crippen molar-refractivity contribution in [2.75, 3.05) is 0 Å². The standard InChI is InChI=1S/C17H33N3.2C16H31N3/c1-15(2)10-7-5-6-8-13-20-17(14-18-19-20)12-9-11-16(3)4;2*1-14(2)9-6-5-7-11-16-13-19(18-17-16)12-8-10-15(3)4/h14-16H,5-13H2,1-4H3;2*13-15H,5-12H2,1-4H3. The van der Waals surface area contributed by atoms with E-state index in [2.05, 4.69) is 131 Å². The predicted molar refractivity (Wildman–Crippen MR) is 248 cm³/mol. The maximum absolute atomic E-state index is 4.26. The summed E-state index contributed by atoms with van der Waals surface area (Å²) >= 11 is 0. The summed E-state index contributed by atoms with van der Waals surface area (Å²) < 4.78 is 6.13. The summed E-state index contributed by atoms with van der Waals surface area (Å²) in [6.45, 7) is 30.5. The molecule has 0 saturated heterocycles. The van der Waals surface area contributed by atoms with Crippen molar-refractivity contribution in [3.63, 3.8) is 0 Å². The molecule has 0 radical (unpaired) electrons. The topological polar surface area (TPSA) is 92.1 Å². The lowest BCUT2D eigenvalue weighted by Gasteiger charge is -2.08. The molecule has 0 atom stereocenters. The third-order valence-electron chi connectivity index (χ3n) is 10.8. The molecule has 0 spiro atoms. The van der Waals surface area contributed by atoms with Crippen LogP contribution in [-0.2, 0) is 38.9 Å². The Kier molecular flexibility index (Phi) is 31.5. The average molecular weight is 810 g/mol. The molecule has 3 aromatic heterocycles. The fourth-order valence-corrected chi connectivity index (χ4v) is 7.04. The molecular formula is C49H95N9. The Bertz CT molecular complexity index is 1250. The van der Waals surface area contributed by atoms with Gasteiger partial charge in [0.2, 0.25) is 0 Å².